The summed E-state index contributed by atoms with van der Waals surface area (Å²) < 4.78 is 14.2. The van der Waals surface area contributed by atoms with E-state index in [-0.39, 0.29) is 5.82 Å². The first-order chi connectivity index (χ1) is 14.1. The highest BCUT2D eigenvalue weighted by molar-refractivity contribution is 7.11. The molecule has 6 heteroatoms. The number of hydrogen-bond donors (Lipinski definition) is 2. The number of nitrogens with zero attached hydrogens (tertiary/aromatic N) is 2. The summed E-state index contributed by atoms with van der Waals surface area (Å²) in [6.07, 6.45) is 5.41. The van der Waals surface area contributed by atoms with Crippen molar-refractivity contribution < 1.29 is 4.39 Å². The summed E-state index contributed by atoms with van der Waals surface area (Å²) in [5.41, 5.74) is 7.30. The minimum Gasteiger partial charge on any atom is -0.369 e. The zero-order valence-corrected chi connectivity index (χ0v) is 17.2. The fraction of sp³-hybridized carbons (Fsp3) is 0.217. The minimum atomic E-state index is -0.200. The maximum atomic E-state index is 14.2. The Balaban J connectivity index is 1.35. The standard InChI is InChI=1S/C23H21FN4S/c1-13-5-6-18(24)22-21(13)16(14(2)28-22)7-8-25-23-17-10-15(20-4-3-9-29-20)11-19(17)26-12-27-23/h3-6,9,11-12,28H,7-8,10H2,1-2H3,(H,25,26,27). The molecular formula is C23H21FN4S. The molecule has 0 unspecified atom stereocenters. The molecule has 1 aromatic carbocycles. The topological polar surface area (TPSA) is 53.6 Å². The lowest BCUT2D eigenvalue weighted by atomic mass is 10.0. The van der Waals surface area contributed by atoms with Crippen molar-refractivity contribution in [3.63, 3.8) is 0 Å². The number of benzene rings is 1. The number of aromatic nitrogens is 3. The molecule has 0 atom stereocenters. The Morgan fingerprint density at radius 2 is 2.10 bits per heavy atom. The van der Waals surface area contributed by atoms with Gasteiger partial charge in [-0.25, -0.2) is 14.4 Å². The van der Waals surface area contributed by atoms with Gasteiger partial charge in [0.1, 0.15) is 18.0 Å². The molecule has 0 saturated heterocycles. The molecule has 1 aliphatic rings. The Labute approximate surface area is 172 Å². The monoisotopic (exact) mass is 404 g/mol. The van der Waals surface area contributed by atoms with Crippen molar-refractivity contribution in [2.75, 3.05) is 11.9 Å². The largest absolute Gasteiger partial charge is 0.369 e. The number of anilines is 1. The lowest BCUT2D eigenvalue weighted by Crippen LogP contribution is -2.10. The highest BCUT2D eigenvalue weighted by Gasteiger charge is 2.20. The third-order valence-electron chi connectivity index (χ3n) is 5.59. The van der Waals surface area contributed by atoms with Crippen molar-refractivity contribution in [1.29, 1.82) is 0 Å². The quantitative estimate of drug-likeness (QED) is 0.460. The molecule has 3 heterocycles. The lowest BCUT2D eigenvalue weighted by molar-refractivity contribution is 0.637. The van der Waals surface area contributed by atoms with Gasteiger partial charge in [-0.1, -0.05) is 12.1 Å². The summed E-state index contributed by atoms with van der Waals surface area (Å²) in [6.45, 7) is 4.76. The van der Waals surface area contributed by atoms with Crippen LogP contribution in [0.1, 0.15) is 33.0 Å². The molecule has 0 saturated carbocycles. The fourth-order valence-corrected chi connectivity index (χ4v) is 4.91. The summed E-state index contributed by atoms with van der Waals surface area (Å²) in [6, 6.07) is 7.59. The molecule has 29 heavy (non-hydrogen) atoms. The first kappa shape index (κ1) is 18.1. The number of fused-ring (bicyclic) bond motifs is 2. The smallest absolute Gasteiger partial charge is 0.147 e. The number of hydrogen-bond acceptors (Lipinski definition) is 4. The Morgan fingerprint density at radius 3 is 2.93 bits per heavy atom. The van der Waals surface area contributed by atoms with Crippen LogP contribution in [-0.2, 0) is 12.8 Å². The predicted octanol–water partition coefficient (Wildman–Crippen LogP) is 5.53. The first-order valence-corrected chi connectivity index (χ1v) is 10.6. The molecule has 1 aliphatic carbocycles. The van der Waals surface area contributed by atoms with Gasteiger partial charge >= 0.3 is 0 Å². The van der Waals surface area contributed by atoms with Crippen LogP contribution in [0.25, 0.3) is 22.6 Å². The van der Waals surface area contributed by atoms with E-state index in [0.29, 0.717) is 5.52 Å². The van der Waals surface area contributed by atoms with Gasteiger partial charge in [-0.05, 0) is 60.6 Å². The predicted molar refractivity (Wildman–Crippen MR) is 118 cm³/mol. The van der Waals surface area contributed by atoms with Gasteiger partial charge in [-0.15, -0.1) is 11.3 Å². The molecule has 0 spiro atoms. The number of halogens is 1. The van der Waals surface area contributed by atoms with Gasteiger partial charge in [0.15, 0.2) is 0 Å². The van der Waals surface area contributed by atoms with E-state index in [1.165, 1.54) is 16.5 Å². The van der Waals surface area contributed by atoms with Crippen LogP contribution in [0.2, 0.25) is 0 Å². The van der Waals surface area contributed by atoms with Gasteiger partial charge in [-0.2, -0.15) is 0 Å². The van der Waals surface area contributed by atoms with Crippen molar-refractivity contribution in [2.45, 2.75) is 26.7 Å². The van der Waals surface area contributed by atoms with E-state index in [4.69, 9.17) is 0 Å². The van der Waals surface area contributed by atoms with Crippen LogP contribution in [0.4, 0.5) is 10.2 Å². The molecular weight excluding hydrogens is 383 g/mol. The van der Waals surface area contributed by atoms with E-state index >= 15 is 0 Å². The maximum Gasteiger partial charge on any atom is 0.147 e. The fourth-order valence-electron chi connectivity index (χ4n) is 4.16. The van der Waals surface area contributed by atoms with Gasteiger partial charge in [0.25, 0.3) is 0 Å². The van der Waals surface area contributed by atoms with Gasteiger partial charge in [-0.3, -0.25) is 0 Å². The number of allylic oxidation sites excluding steroid dienone is 1. The summed E-state index contributed by atoms with van der Waals surface area (Å²) >= 11 is 1.75. The Hall–Kier alpha value is -2.99. The second-order valence-corrected chi connectivity index (χ2v) is 8.38. The van der Waals surface area contributed by atoms with Gasteiger partial charge in [0.05, 0.1) is 11.2 Å². The van der Waals surface area contributed by atoms with Crippen molar-refractivity contribution in [3.05, 3.63) is 74.7 Å². The third-order valence-corrected chi connectivity index (χ3v) is 6.54. The Morgan fingerprint density at radius 1 is 1.21 bits per heavy atom. The highest BCUT2D eigenvalue weighted by Crippen LogP contribution is 2.35. The molecule has 4 aromatic rings. The van der Waals surface area contributed by atoms with Gasteiger partial charge in [0.2, 0.25) is 0 Å². The van der Waals surface area contributed by atoms with Crippen molar-refractivity contribution in [3.8, 4) is 0 Å². The lowest BCUT2D eigenvalue weighted by Gasteiger charge is -2.10. The van der Waals surface area contributed by atoms with E-state index in [9.17, 15) is 4.39 Å². The molecule has 0 bridgehead atoms. The SMILES string of the molecule is Cc1[nH]c2c(F)ccc(C)c2c1CCNc1ncnc2c1CC(c1cccs1)=C2. The van der Waals surface area contributed by atoms with Crippen LogP contribution in [0.15, 0.2) is 36.0 Å². The van der Waals surface area contributed by atoms with Gasteiger partial charge < -0.3 is 10.3 Å². The number of thiophene rings is 1. The number of aryl methyl sites for hydroxylation is 2. The van der Waals surface area contributed by atoms with E-state index in [0.717, 1.165) is 58.7 Å². The maximum absolute atomic E-state index is 14.2. The van der Waals surface area contributed by atoms with Crippen LogP contribution >= 0.6 is 11.3 Å². The molecule has 3 aromatic heterocycles. The highest BCUT2D eigenvalue weighted by atomic mass is 32.1. The van der Waals surface area contributed by atoms with Crippen molar-refractivity contribution in [1.82, 2.24) is 15.0 Å². The normalized spacial score (nSPS) is 13.0. The van der Waals surface area contributed by atoms with E-state index in [1.807, 2.05) is 19.9 Å². The van der Waals surface area contributed by atoms with Crippen LogP contribution < -0.4 is 5.32 Å². The first-order valence-electron chi connectivity index (χ1n) is 9.70. The van der Waals surface area contributed by atoms with Crippen LogP contribution in [0, 0.1) is 19.7 Å². The van der Waals surface area contributed by atoms with Crippen molar-refractivity contribution in [2.24, 2.45) is 0 Å². The molecule has 2 N–H and O–H groups in total. The summed E-state index contributed by atoms with van der Waals surface area (Å²) in [5.74, 6) is 0.687. The minimum absolute atomic E-state index is 0.200. The molecule has 0 amide bonds. The van der Waals surface area contributed by atoms with E-state index in [1.54, 1.807) is 17.7 Å². The molecule has 146 valence electrons. The Bertz CT molecular complexity index is 1240. The second kappa shape index (κ2) is 7.12. The summed E-state index contributed by atoms with van der Waals surface area (Å²) in [4.78, 5) is 13.4. The summed E-state index contributed by atoms with van der Waals surface area (Å²) in [5, 5.41) is 6.58. The number of H-pyrrole nitrogens is 1. The van der Waals surface area contributed by atoms with Crippen LogP contribution in [0.5, 0.6) is 0 Å². The van der Waals surface area contributed by atoms with Gasteiger partial charge in [0, 0.05) is 34.5 Å². The van der Waals surface area contributed by atoms with Crippen LogP contribution in [-0.4, -0.2) is 21.5 Å². The zero-order chi connectivity index (χ0) is 20.0. The average molecular weight is 405 g/mol. The molecule has 4 nitrogen and oxygen atoms in total. The molecule has 0 aliphatic heterocycles. The molecule has 0 fully saturated rings. The number of nitrogens with one attached hydrogen (secondary N) is 2. The number of aromatic amines is 1. The van der Waals surface area contributed by atoms with Crippen molar-refractivity contribution >= 4 is 39.7 Å². The van der Waals surface area contributed by atoms with E-state index in [2.05, 4.69) is 43.9 Å². The summed E-state index contributed by atoms with van der Waals surface area (Å²) in [7, 11) is 0. The zero-order valence-electron chi connectivity index (χ0n) is 16.3. The average Bonchev–Trinajstić information content (AvgIpc) is 3.44. The third kappa shape index (κ3) is 3.13. The Kier molecular flexibility index (Phi) is 4.43. The van der Waals surface area contributed by atoms with Crippen LogP contribution in [0.3, 0.4) is 0 Å². The molecule has 5 rings (SSSR count). The van der Waals surface area contributed by atoms with E-state index < -0.39 is 0 Å². The molecule has 0 radical (unpaired) electrons. The number of rotatable bonds is 5. The second-order valence-electron chi connectivity index (χ2n) is 7.43.